The molecular weight excluding hydrogens is 204 g/mol. The van der Waals surface area contributed by atoms with Crippen LogP contribution in [0.3, 0.4) is 0 Å². The molecule has 1 aromatic carbocycles. The zero-order valence-electron chi connectivity index (χ0n) is 9.32. The summed E-state index contributed by atoms with van der Waals surface area (Å²) >= 11 is 0. The molecule has 0 spiro atoms. The first-order valence-electron chi connectivity index (χ1n) is 5.52. The number of hydrogen-bond acceptors (Lipinski definition) is 3. The molecule has 4 nitrogen and oxygen atoms in total. The quantitative estimate of drug-likeness (QED) is 0.749. The van der Waals surface area contributed by atoms with Gasteiger partial charge in [-0.3, -0.25) is 0 Å². The lowest BCUT2D eigenvalue weighted by Gasteiger charge is -2.13. The summed E-state index contributed by atoms with van der Waals surface area (Å²) < 4.78 is 4.87. The van der Waals surface area contributed by atoms with E-state index in [-0.39, 0.29) is 12.1 Å². The van der Waals surface area contributed by atoms with Gasteiger partial charge >= 0.3 is 6.09 Å². The Balaban J connectivity index is 2.09. The summed E-state index contributed by atoms with van der Waals surface area (Å²) in [7, 11) is 0. The number of carbonyl (C=O) groups excluding carboxylic acids is 1. The molecule has 16 heavy (non-hydrogen) atoms. The number of anilines is 1. The number of rotatable bonds is 2. The van der Waals surface area contributed by atoms with Crippen LogP contribution in [0.1, 0.15) is 30.5 Å². The molecule has 1 aliphatic carbocycles. The van der Waals surface area contributed by atoms with Gasteiger partial charge in [-0.25, -0.2) is 4.79 Å². The van der Waals surface area contributed by atoms with Crippen molar-refractivity contribution >= 4 is 11.8 Å². The Labute approximate surface area is 94.8 Å². The number of alkyl carbamates (subject to hydrolysis) is 1. The summed E-state index contributed by atoms with van der Waals surface area (Å²) in [5.74, 6) is 0. The fourth-order valence-corrected chi connectivity index (χ4v) is 2.10. The number of nitrogens with two attached hydrogens (primary N) is 1. The molecular formula is C12H16N2O2. The number of fused-ring (bicyclic) bond motifs is 1. The Hall–Kier alpha value is -1.71. The van der Waals surface area contributed by atoms with Crippen molar-refractivity contribution in [3.8, 4) is 0 Å². The highest BCUT2D eigenvalue weighted by atomic mass is 16.5. The summed E-state index contributed by atoms with van der Waals surface area (Å²) in [5, 5.41) is 2.85. The Bertz CT molecular complexity index is 404. The average molecular weight is 220 g/mol. The SMILES string of the molecule is CCOC(=O)NC1CCc2cc(N)ccc21. The van der Waals surface area contributed by atoms with E-state index in [1.165, 1.54) is 5.56 Å². The number of nitrogens with one attached hydrogen (secondary N) is 1. The zero-order chi connectivity index (χ0) is 11.5. The summed E-state index contributed by atoms with van der Waals surface area (Å²) in [4.78, 5) is 11.3. The molecule has 1 aromatic rings. The van der Waals surface area contributed by atoms with Gasteiger partial charge in [0.1, 0.15) is 0 Å². The van der Waals surface area contributed by atoms with E-state index < -0.39 is 0 Å². The van der Waals surface area contributed by atoms with Gasteiger partial charge in [0.05, 0.1) is 12.6 Å². The van der Waals surface area contributed by atoms with Crippen LogP contribution in [0, 0.1) is 0 Å². The molecule has 0 aliphatic heterocycles. The van der Waals surface area contributed by atoms with Gasteiger partial charge in [0.25, 0.3) is 0 Å². The standard InChI is InChI=1S/C12H16N2O2/c1-2-16-12(15)14-11-6-3-8-7-9(13)4-5-10(8)11/h4-5,7,11H,2-3,6,13H2,1H3,(H,14,15). The second-order valence-corrected chi connectivity index (χ2v) is 3.91. The average Bonchev–Trinajstić information content (AvgIpc) is 2.61. The van der Waals surface area contributed by atoms with E-state index in [1.54, 1.807) is 6.92 Å². The van der Waals surface area contributed by atoms with Crippen LogP contribution in [0.25, 0.3) is 0 Å². The molecule has 0 saturated heterocycles. The minimum atomic E-state index is -0.350. The molecule has 3 N–H and O–H groups in total. The highest BCUT2D eigenvalue weighted by molar-refractivity contribution is 5.68. The second kappa shape index (κ2) is 4.43. The number of amides is 1. The third-order valence-electron chi connectivity index (χ3n) is 2.81. The lowest BCUT2D eigenvalue weighted by molar-refractivity contribution is 0.148. The second-order valence-electron chi connectivity index (χ2n) is 3.91. The summed E-state index contributed by atoms with van der Waals surface area (Å²) in [6.45, 7) is 2.19. The van der Waals surface area contributed by atoms with Crippen molar-refractivity contribution < 1.29 is 9.53 Å². The highest BCUT2D eigenvalue weighted by Crippen LogP contribution is 2.32. The van der Waals surface area contributed by atoms with E-state index in [0.29, 0.717) is 6.61 Å². The molecule has 0 fully saturated rings. The van der Waals surface area contributed by atoms with E-state index in [2.05, 4.69) is 5.32 Å². The lowest BCUT2D eigenvalue weighted by atomic mass is 10.1. The largest absolute Gasteiger partial charge is 0.450 e. The molecule has 0 radical (unpaired) electrons. The van der Waals surface area contributed by atoms with Gasteiger partial charge in [-0.15, -0.1) is 0 Å². The van der Waals surface area contributed by atoms with Crippen LogP contribution >= 0.6 is 0 Å². The van der Waals surface area contributed by atoms with Gasteiger partial charge < -0.3 is 15.8 Å². The third kappa shape index (κ3) is 2.10. The molecule has 1 aliphatic rings. The molecule has 86 valence electrons. The minimum Gasteiger partial charge on any atom is -0.450 e. The van der Waals surface area contributed by atoms with Gasteiger partial charge in [-0.05, 0) is 43.0 Å². The number of hydrogen-bond donors (Lipinski definition) is 2. The number of aryl methyl sites for hydroxylation is 1. The Morgan fingerprint density at radius 1 is 1.62 bits per heavy atom. The normalized spacial score (nSPS) is 17.9. The van der Waals surface area contributed by atoms with E-state index in [4.69, 9.17) is 10.5 Å². The van der Waals surface area contributed by atoms with Crippen molar-refractivity contribution in [2.75, 3.05) is 12.3 Å². The van der Waals surface area contributed by atoms with Crippen molar-refractivity contribution in [2.45, 2.75) is 25.8 Å². The summed E-state index contributed by atoms with van der Waals surface area (Å²) in [6, 6.07) is 5.88. The van der Waals surface area contributed by atoms with Gasteiger partial charge in [0, 0.05) is 5.69 Å². The molecule has 0 bridgehead atoms. The maximum Gasteiger partial charge on any atom is 0.407 e. The van der Waals surface area contributed by atoms with Crippen molar-refractivity contribution in [2.24, 2.45) is 0 Å². The van der Waals surface area contributed by atoms with Crippen molar-refractivity contribution in [3.05, 3.63) is 29.3 Å². The first kappa shape index (κ1) is 10.8. The van der Waals surface area contributed by atoms with Gasteiger partial charge in [0.2, 0.25) is 0 Å². The minimum absolute atomic E-state index is 0.0645. The Morgan fingerprint density at radius 3 is 3.19 bits per heavy atom. The van der Waals surface area contributed by atoms with Gasteiger partial charge in [-0.1, -0.05) is 6.07 Å². The number of ether oxygens (including phenoxy) is 1. The maximum atomic E-state index is 11.3. The van der Waals surface area contributed by atoms with Crippen molar-refractivity contribution in [1.29, 1.82) is 0 Å². The smallest absolute Gasteiger partial charge is 0.407 e. The molecule has 0 aromatic heterocycles. The van der Waals surface area contributed by atoms with Crippen molar-refractivity contribution in [3.63, 3.8) is 0 Å². The predicted octanol–water partition coefficient (Wildman–Crippen LogP) is 2.00. The monoisotopic (exact) mass is 220 g/mol. The Kier molecular flexibility index (Phi) is 2.99. The van der Waals surface area contributed by atoms with Crippen molar-refractivity contribution in [1.82, 2.24) is 5.32 Å². The molecule has 2 rings (SSSR count). The maximum absolute atomic E-state index is 11.3. The fraction of sp³-hybridized carbons (Fsp3) is 0.417. The molecule has 1 unspecified atom stereocenters. The van der Waals surface area contributed by atoms with E-state index in [9.17, 15) is 4.79 Å². The number of carbonyl (C=O) groups is 1. The molecule has 0 saturated carbocycles. The van der Waals surface area contributed by atoms with E-state index >= 15 is 0 Å². The first-order chi connectivity index (χ1) is 7.70. The topological polar surface area (TPSA) is 64.3 Å². The van der Waals surface area contributed by atoms with Crippen LogP contribution < -0.4 is 11.1 Å². The lowest BCUT2D eigenvalue weighted by Crippen LogP contribution is -2.27. The van der Waals surface area contributed by atoms with Crippen LogP contribution in [0.5, 0.6) is 0 Å². The fourth-order valence-electron chi connectivity index (χ4n) is 2.10. The number of nitrogen functional groups attached to an aromatic ring is 1. The first-order valence-corrected chi connectivity index (χ1v) is 5.52. The van der Waals surface area contributed by atoms with Crippen LogP contribution in [-0.4, -0.2) is 12.7 Å². The van der Waals surface area contributed by atoms with Gasteiger partial charge in [0.15, 0.2) is 0 Å². The zero-order valence-corrected chi connectivity index (χ0v) is 9.32. The molecule has 1 amide bonds. The van der Waals surface area contributed by atoms with Gasteiger partial charge in [-0.2, -0.15) is 0 Å². The van der Waals surface area contributed by atoms with E-state index in [1.807, 2.05) is 18.2 Å². The summed E-state index contributed by atoms with van der Waals surface area (Å²) in [5.41, 5.74) is 8.87. The third-order valence-corrected chi connectivity index (χ3v) is 2.81. The summed E-state index contributed by atoms with van der Waals surface area (Å²) in [6.07, 6.45) is 1.52. The molecule has 1 atom stereocenters. The molecule has 0 heterocycles. The number of benzene rings is 1. The van der Waals surface area contributed by atoms with E-state index in [0.717, 1.165) is 24.1 Å². The molecule has 4 heteroatoms. The highest BCUT2D eigenvalue weighted by Gasteiger charge is 2.24. The Morgan fingerprint density at radius 2 is 2.44 bits per heavy atom. The van der Waals surface area contributed by atoms with Crippen LogP contribution in [-0.2, 0) is 11.2 Å². The van der Waals surface area contributed by atoms with Crippen LogP contribution in [0.4, 0.5) is 10.5 Å². The van der Waals surface area contributed by atoms with Crippen LogP contribution in [0.2, 0.25) is 0 Å². The van der Waals surface area contributed by atoms with Crippen LogP contribution in [0.15, 0.2) is 18.2 Å². The predicted molar refractivity (Wildman–Crippen MR) is 62.1 cm³/mol.